The first kappa shape index (κ1) is 22.8. The normalized spacial score (nSPS) is 43.4. The number of rotatable bonds is 0. The van der Waals surface area contributed by atoms with Gasteiger partial charge in [-0.2, -0.15) is 0 Å². The Morgan fingerprint density at radius 2 is 0.903 bits per heavy atom. The van der Waals surface area contributed by atoms with Crippen LogP contribution in [0.1, 0.15) is 141 Å². The van der Waals surface area contributed by atoms with Crippen LogP contribution in [-0.2, 0) is 0 Å². The van der Waals surface area contributed by atoms with Crippen molar-refractivity contribution in [2.75, 3.05) is 0 Å². The lowest BCUT2D eigenvalue weighted by molar-refractivity contribution is 0.190. The van der Waals surface area contributed by atoms with Gasteiger partial charge < -0.3 is 5.32 Å². The Morgan fingerprint density at radius 1 is 0.419 bits per heavy atom. The molecule has 2 saturated heterocycles. The van der Waals surface area contributed by atoms with Crippen molar-refractivity contribution < 1.29 is 0 Å². The van der Waals surface area contributed by atoms with Crippen LogP contribution in [0, 0.1) is 11.8 Å². The molecule has 3 aliphatic carbocycles. The summed E-state index contributed by atoms with van der Waals surface area (Å²) in [5.41, 5.74) is 0. The van der Waals surface area contributed by atoms with E-state index in [-0.39, 0.29) is 0 Å². The minimum atomic E-state index is 0.860. The maximum Gasteiger partial charge on any atom is 0.153 e. The molecule has 2 heteroatoms. The zero-order valence-corrected chi connectivity index (χ0v) is 20.7. The summed E-state index contributed by atoms with van der Waals surface area (Å²) in [6, 6.07) is 1.72. The van der Waals surface area contributed by atoms with Crippen molar-refractivity contribution in [3.8, 4) is 0 Å². The van der Waals surface area contributed by atoms with Crippen LogP contribution < -0.4 is 5.32 Å². The fraction of sp³-hybridized carbons (Fsp3) is 1.00. The molecule has 0 amide bonds. The summed E-state index contributed by atoms with van der Waals surface area (Å²) < 4.78 is 0. The van der Waals surface area contributed by atoms with Crippen molar-refractivity contribution in [2.45, 2.75) is 171 Å². The molecule has 7 atom stereocenters. The number of hydrogen-bond acceptors (Lipinski definition) is 1. The van der Waals surface area contributed by atoms with E-state index in [0.717, 1.165) is 48.1 Å². The van der Waals surface area contributed by atoms with Gasteiger partial charge in [0.1, 0.15) is 0 Å². The second-order valence-electron chi connectivity index (χ2n) is 12.7. The Bertz CT molecular complexity index is 491. The average Bonchev–Trinajstić information content (AvgIpc) is 2.98. The largest absolute Gasteiger partial charge is 0.312 e. The molecule has 1 N–H and O–H groups in total. The van der Waals surface area contributed by atoms with Gasteiger partial charge in [0.25, 0.3) is 0 Å². The van der Waals surface area contributed by atoms with Gasteiger partial charge in [-0.05, 0) is 42.7 Å². The molecule has 2 heterocycles. The SMILES string of the molecule is C1CCCC2CC3CCCCCCCC3B3C4CCCCCCCC4NC(CCC1)C32. The summed E-state index contributed by atoms with van der Waals surface area (Å²) >= 11 is 0. The zero-order chi connectivity index (χ0) is 20.9. The van der Waals surface area contributed by atoms with E-state index < -0.39 is 0 Å². The first-order chi connectivity index (χ1) is 15.4. The fourth-order valence-corrected chi connectivity index (χ4v) is 9.54. The quantitative estimate of drug-likeness (QED) is 0.382. The molecule has 3 saturated carbocycles. The minimum absolute atomic E-state index is 0.860. The summed E-state index contributed by atoms with van der Waals surface area (Å²) in [7, 11) is 0. The van der Waals surface area contributed by atoms with E-state index in [2.05, 4.69) is 5.32 Å². The van der Waals surface area contributed by atoms with E-state index in [1.165, 1.54) is 96.3 Å². The molecule has 0 bridgehead atoms. The molecule has 5 rings (SSSR count). The molecule has 0 aromatic rings. The van der Waals surface area contributed by atoms with Crippen LogP contribution in [0.5, 0.6) is 0 Å². The van der Waals surface area contributed by atoms with Crippen molar-refractivity contribution in [2.24, 2.45) is 11.8 Å². The fourth-order valence-electron chi connectivity index (χ4n) is 9.54. The van der Waals surface area contributed by atoms with Crippen LogP contribution in [0.3, 0.4) is 0 Å². The lowest BCUT2D eigenvalue weighted by Gasteiger charge is -2.57. The van der Waals surface area contributed by atoms with E-state index in [0.29, 0.717) is 0 Å². The summed E-state index contributed by atoms with van der Waals surface area (Å²) in [6.45, 7) is 1.08. The maximum absolute atomic E-state index is 4.43. The predicted octanol–water partition coefficient (Wildman–Crippen LogP) is 8.80. The third-order valence-electron chi connectivity index (χ3n) is 10.9. The van der Waals surface area contributed by atoms with Crippen LogP contribution in [0.15, 0.2) is 0 Å². The molecule has 0 radical (unpaired) electrons. The van der Waals surface area contributed by atoms with Gasteiger partial charge in [-0.15, -0.1) is 0 Å². The molecule has 5 aliphatic rings. The van der Waals surface area contributed by atoms with Crippen molar-refractivity contribution in [3.05, 3.63) is 0 Å². The summed E-state index contributed by atoms with van der Waals surface area (Å²) in [6.07, 6.45) is 33.7. The first-order valence-corrected chi connectivity index (χ1v) is 15.2. The number of hydrogen-bond donors (Lipinski definition) is 1. The highest BCUT2D eigenvalue weighted by Gasteiger charge is 2.55. The molecule has 31 heavy (non-hydrogen) atoms. The lowest BCUT2D eigenvalue weighted by Crippen LogP contribution is -2.62. The lowest BCUT2D eigenvalue weighted by atomic mass is 9.18. The van der Waals surface area contributed by atoms with E-state index in [9.17, 15) is 0 Å². The number of nitrogens with one attached hydrogen (secondary N) is 1. The molecular formula is C29H52BN. The highest BCUT2D eigenvalue weighted by Crippen LogP contribution is 2.58. The Hall–Kier alpha value is 0.0249. The van der Waals surface area contributed by atoms with E-state index >= 15 is 0 Å². The Labute approximate surface area is 194 Å². The molecule has 176 valence electrons. The van der Waals surface area contributed by atoms with Crippen LogP contribution >= 0.6 is 0 Å². The van der Waals surface area contributed by atoms with Gasteiger partial charge in [-0.25, -0.2) is 0 Å². The highest BCUT2D eigenvalue weighted by atomic mass is 15.0. The molecule has 0 aromatic carbocycles. The number of fused-ring (bicyclic) bond motifs is 4. The van der Waals surface area contributed by atoms with E-state index in [4.69, 9.17) is 0 Å². The maximum atomic E-state index is 4.43. The first-order valence-electron chi connectivity index (χ1n) is 15.2. The van der Waals surface area contributed by atoms with Crippen LogP contribution in [0.2, 0.25) is 17.5 Å². The molecule has 7 unspecified atom stereocenters. The molecular weight excluding hydrogens is 373 g/mol. The summed E-state index contributed by atoms with van der Waals surface area (Å²) in [4.78, 5) is 0. The van der Waals surface area contributed by atoms with Crippen molar-refractivity contribution in [3.63, 3.8) is 0 Å². The van der Waals surface area contributed by atoms with Crippen molar-refractivity contribution in [1.29, 1.82) is 0 Å². The van der Waals surface area contributed by atoms with Gasteiger partial charge in [0.15, 0.2) is 6.71 Å². The van der Waals surface area contributed by atoms with E-state index in [1.807, 2.05) is 0 Å². The van der Waals surface area contributed by atoms with Crippen LogP contribution in [-0.4, -0.2) is 18.8 Å². The van der Waals surface area contributed by atoms with Crippen LogP contribution in [0.4, 0.5) is 0 Å². The summed E-state index contributed by atoms with van der Waals surface area (Å²) in [5, 5.41) is 4.43. The topological polar surface area (TPSA) is 12.0 Å². The average molecular weight is 426 g/mol. The summed E-state index contributed by atoms with van der Waals surface area (Å²) in [5.74, 6) is 5.26. The molecule has 0 aromatic heterocycles. The molecule has 0 spiro atoms. The second kappa shape index (κ2) is 11.4. The predicted molar refractivity (Wildman–Crippen MR) is 136 cm³/mol. The Morgan fingerprint density at radius 3 is 1.58 bits per heavy atom. The second-order valence-corrected chi connectivity index (χ2v) is 12.7. The zero-order valence-electron chi connectivity index (χ0n) is 20.7. The van der Waals surface area contributed by atoms with Gasteiger partial charge in [-0.1, -0.05) is 128 Å². The Balaban J connectivity index is 1.48. The highest BCUT2D eigenvalue weighted by molar-refractivity contribution is 6.65. The third kappa shape index (κ3) is 5.41. The minimum Gasteiger partial charge on any atom is -0.312 e. The van der Waals surface area contributed by atoms with Crippen LogP contribution in [0.25, 0.3) is 0 Å². The standard InChI is InChI=1S/C29H52BN/c1-4-10-16-23-22-24-17-11-5-2-9-15-21-28-29(24)30(25(23)18-12-6-1)26-19-13-7-3-8-14-20-27(26)31-28/h23-29,31H,1-22H2. The van der Waals surface area contributed by atoms with Gasteiger partial charge in [0.2, 0.25) is 0 Å². The van der Waals surface area contributed by atoms with Crippen molar-refractivity contribution >= 4 is 6.71 Å². The smallest absolute Gasteiger partial charge is 0.153 e. The molecule has 5 fully saturated rings. The molecule has 1 nitrogen and oxygen atoms in total. The van der Waals surface area contributed by atoms with Gasteiger partial charge >= 0.3 is 0 Å². The van der Waals surface area contributed by atoms with Gasteiger partial charge in [0.05, 0.1) is 0 Å². The Kier molecular flexibility index (Phi) is 8.41. The van der Waals surface area contributed by atoms with Gasteiger partial charge in [0, 0.05) is 12.1 Å². The monoisotopic (exact) mass is 425 g/mol. The van der Waals surface area contributed by atoms with E-state index in [1.54, 1.807) is 44.9 Å². The van der Waals surface area contributed by atoms with Gasteiger partial charge in [-0.3, -0.25) is 0 Å². The molecule has 2 aliphatic heterocycles. The third-order valence-corrected chi connectivity index (χ3v) is 10.9. The van der Waals surface area contributed by atoms with Crippen molar-refractivity contribution in [1.82, 2.24) is 5.32 Å².